The highest BCUT2D eigenvalue weighted by molar-refractivity contribution is 6.32. The molecule has 0 unspecified atom stereocenters. The molecule has 1 aliphatic heterocycles. The second-order valence-corrected chi connectivity index (χ2v) is 5.06. The second-order valence-electron chi connectivity index (χ2n) is 4.65. The van der Waals surface area contributed by atoms with Gasteiger partial charge in [-0.3, -0.25) is 4.68 Å². The number of benzene rings is 1. The lowest BCUT2D eigenvalue weighted by molar-refractivity contribution is 0.0471. The van der Waals surface area contributed by atoms with Gasteiger partial charge in [-0.05, 0) is 24.6 Å². The Morgan fingerprint density at radius 3 is 3.00 bits per heavy atom. The molecule has 1 aliphatic rings. The van der Waals surface area contributed by atoms with Crippen LogP contribution in [0.1, 0.15) is 21.6 Å². The zero-order valence-electron chi connectivity index (χ0n) is 11.6. The van der Waals surface area contributed by atoms with Crippen molar-refractivity contribution >= 4 is 17.6 Å². The molecular formula is C14H13ClN2O4. The van der Waals surface area contributed by atoms with E-state index in [1.165, 1.54) is 6.20 Å². The van der Waals surface area contributed by atoms with E-state index in [2.05, 4.69) is 5.10 Å². The maximum Gasteiger partial charge on any atom is 0.341 e. The van der Waals surface area contributed by atoms with Crippen LogP contribution < -0.4 is 9.47 Å². The molecule has 0 spiro atoms. The van der Waals surface area contributed by atoms with Gasteiger partial charge in [0.2, 0.25) is 6.79 Å². The Morgan fingerprint density at radius 1 is 1.48 bits per heavy atom. The molecule has 110 valence electrons. The average molecular weight is 309 g/mol. The first kappa shape index (κ1) is 13.8. The smallest absolute Gasteiger partial charge is 0.341 e. The van der Waals surface area contributed by atoms with Gasteiger partial charge in [-0.15, -0.1) is 0 Å². The SMILES string of the molecule is Cc1c(C(=O)OCc2cc(Cl)c3c(c2)OCO3)cnn1C. The molecule has 0 saturated carbocycles. The fourth-order valence-corrected chi connectivity index (χ4v) is 2.32. The summed E-state index contributed by atoms with van der Waals surface area (Å²) in [4.78, 5) is 12.0. The van der Waals surface area contributed by atoms with Crippen molar-refractivity contribution in [3.8, 4) is 11.5 Å². The van der Waals surface area contributed by atoms with Crippen molar-refractivity contribution in [2.75, 3.05) is 6.79 Å². The van der Waals surface area contributed by atoms with E-state index in [0.717, 1.165) is 11.3 Å². The number of fused-ring (bicyclic) bond motifs is 1. The number of halogens is 1. The summed E-state index contributed by atoms with van der Waals surface area (Å²) in [6.45, 7) is 2.05. The highest BCUT2D eigenvalue weighted by atomic mass is 35.5. The molecule has 0 atom stereocenters. The molecule has 0 fully saturated rings. The lowest BCUT2D eigenvalue weighted by Gasteiger charge is -2.07. The van der Waals surface area contributed by atoms with Crippen LogP contribution in [0.4, 0.5) is 0 Å². The van der Waals surface area contributed by atoms with Crippen LogP contribution in [0.25, 0.3) is 0 Å². The molecular weight excluding hydrogens is 296 g/mol. The number of carbonyl (C=O) groups excluding carboxylic acids is 1. The van der Waals surface area contributed by atoms with Crippen LogP contribution in [0.2, 0.25) is 5.02 Å². The average Bonchev–Trinajstić information content (AvgIpc) is 3.05. The molecule has 0 aliphatic carbocycles. The molecule has 7 heteroatoms. The number of carbonyl (C=O) groups is 1. The molecule has 0 amide bonds. The Bertz CT molecular complexity index is 711. The number of esters is 1. The van der Waals surface area contributed by atoms with Crippen molar-refractivity contribution < 1.29 is 19.0 Å². The van der Waals surface area contributed by atoms with Crippen LogP contribution in [0.15, 0.2) is 18.3 Å². The Morgan fingerprint density at radius 2 is 2.29 bits per heavy atom. The minimum Gasteiger partial charge on any atom is -0.457 e. The Labute approximate surface area is 126 Å². The van der Waals surface area contributed by atoms with Gasteiger partial charge in [0.05, 0.1) is 11.2 Å². The van der Waals surface area contributed by atoms with Gasteiger partial charge in [0.15, 0.2) is 11.5 Å². The minimum absolute atomic E-state index is 0.101. The van der Waals surface area contributed by atoms with E-state index in [1.807, 2.05) is 0 Å². The Hall–Kier alpha value is -2.21. The van der Waals surface area contributed by atoms with E-state index in [0.29, 0.717) is 22.1 Å². The molecule has 0 N–H and O–H groups in total. The maximum absolute atomic E-state index is 12.0. The van der Waals surface area contributed by atoms with E-state index < -0.39 is 5.97 Å². The molecule has 2 heterocycles. The zero-order chi connectivity index (χ0) is 15.0. The van der Waals surface area contributed by atoms with Gasteiger partial charge < -0.3 is 14.2 Å². The summed E-state index contributed by atoms with van der Waals surface area (Å²) in [6.07, 6.45) is 1.49. The summed E-state index contributed by atoms with van der Waals surface area (Å²) < 4.78 is 17.4. The van der Waals surface area contributed by atoms with Crippen LogP contribution in [0.3, 0.4) is 0 Å². The van der Waals surface area contributed by atoms with Gasteiger partial charge in [-0.2, -0.15) is 5.10 Å². The lowest BCUT2D eigenvalue weighted by atomic mass is 10.2. The van der Waals surface area contributed by atoms with Crippen molar-refractivity contribution in [2.24, 2.45) is 7.05 Å². The Kier molecular flexibility index (Phi) is 3.47. The molecule has 1 aromatic carbocycles. The first-order valence-electron chi connectivity index (χ1n) is 6.30. The fourth-order valence-electron chi connectivity index (χ4n) is 2.03. The predicted octanol–water partition coefficient (Wildman–Crippen LogP) is 2.47. The number of ether oxygens (including phenoxy) is 3. The molecule has 1 aromatic heterocycles. The van der Waals surface area contributed by atoms with Crippen LogP contribution in [-0.4, -0.2) is 22.5 Å². The summed E-state index contributed by atoms with van der Waals surface area (Å²) >= 11 is 6.08. The second kappa shape index (κ2) is 5.29. The number of aryl methyl sites for hydroxylation is 1. The third-order valence-electron chi connectivity index (χ3n) is 3.31. The van der Waals surface area contributed by atoms with Crippen molar-refractivity contribution in [1.82, 2.24) is 9.78 Å². The molecule has 6 nitrogen and oxygen atoms in total. The van der Waals surface area contributed by atoms with E-state index in [4.69, 9.17) is 25.8 Å². The van der Waals surface area contributed by atoms with Gasteiger partial charge >= 0.3 is 5.97 Å². The number of aromatic nitrogens is 2. The van der Waals surface area contributed by atoms with Gasteiger partial charge in [0, 0.05) is 12.7 Å². The Balaban J connectivity index is 1.72. The summed E-state index contributed by atoms with van der Waals surface area (Å²) in [7, 11) is 1.77. The minimum atomic E-state index is -0.422. The zero-order valence-corrected chi connectivity index (χ0v) is 12.3. The van der Waals surface area contributed by atoms with Crippen LogP contribution in [0.5, 0.6) is 11.5 Å². The predicted molar refractivity (Wildman–Crippen MR) is 74.6 cm³/mol. The first-order chi connectivity index (χ1) is 10.1. The van der Waals surface area contributed by atoms with E-state index >= 15 is 0 Å². The fraction of sp³-hybridized carbons (Fsp3) is 0.286. The summed E-state index contributed by atoms with van der Waals surface area (Å²) in [5, 5.41) is 4.45. The molecule has 2 aromatic rings. The number of rotatable bonds is 3. The summed E-state index contributed by atoms with van der Waals surface area (Å²) in [5.74, 6) is 0.662. The third-order valence-corrected chi connectivity index (χ3v) is 3.59. The van der Waals surface area contributed by atoms with Gasteiger partial charge in [-0.1, -0.05) is 11.6 Å². The third kappa shape index (κ3) is 2.54. The monoisotopic (exact) mass is 308 g/mol. The van der Waals surface area contributed by atoms with Crippen molar-refractivity contribution in [3.05, 3.63) is 40.2 Å². The van der Waals surface area contributed by atoms with E-state index in [1.54, 1.807) is 30.8 Å². The van der Waals surface area contributed by atoms with Crippen molar-refractivity contribution in [2.45, 2.75) is 13.5 Å². The van der Waals surface area contributed by atoms with Crippen LogP contribution >= 0.6 is 11.6 Å². The van der Waals surface area contributed by atoms with E-state index in [9.17, 15) is 4.79 Å². The van der Waals surface area contributed by atoms with Crippen LogP contribution in [-0.2, 0) is 18.4 Å². The van der Waals surface area contributed by atoms with Crippen LogP contribution in [0, 0.1) is 6.92 Å². The summed E-state index contributed by atoms with van der Waals surface area (Å²) in [6, 6.07) is 3.44. The quantitative estimate of drug-likeness (QED) is 0.815. The standard InChI is InChI=1S/C14H13ClN2O4/c1-8-10(5-16-17(8)2)14(18)19-6-9-3-11(15)13-12(4-9)20-7-21-13/h3-5H,6-7H2,1-2H3. The lowest BCUT2D eigenvalue weighted by Crippen LogP contribution is -2.07. The molecule has 0 saturated heterocycles. The number of hydrogen-bond acceptors (Lipinski definition) is 5. The molecule has 0 bridgehead atoms. The van der Waals surface area contributed by atoms with E-state index in [-0.39, 0.29) is 13.4 Å². The van der Waals surface area contributed by atoms with Crippen molar-refractivity contribution in [3.63, 3.8) is 0 Å². The largest absolute Gasteiger partial charge is 0.457 e. The molecule has 3 rings (SSSR count). The number of hydrogen-bond donors (Lipinski definition) is 0. The summed E-state index contributed by atoms with van der Waals surface area (Å²) in [5.41, 5.74) is 1.94. The highest BCUT2D eigenvalue weighted by Crippen LogP contribution is 2.39. The normalized spacial score (nSPS) is 12.5. The molecule has 21 heavy (non-hydrogen) atoms. The van der Waals surface area contributed by atoms with Gasteiger partial charge in [-0.25, -0.2) is 4.79 Å². The van der Waals surface area contributed by atoms with Gasteiger partial charge in [0.1, 0.15) is 12.2 Å². The first-order valence-corrected chi connectivity index (χ1v) is 6.68. The van der Waals surface area contributed by atoms with Gasteiger partial charge in [0.25, 0.3) is 0 Å². The highest BCUT2D eigenvalue weighted by Gasteiger charge is 2.19. The molecule has 0 radical (unpaired) electrons. The number of nitrogens with zero attached hydrogens (tertiary/aromatic N) is 2. The van der Waals surface area contributed by atoms with Crippen molar-refractivity contribution in [1.29, 1.82) is 0 Å². The topological polar surface area (TPSA) is 62.6 Å². The maximum atomic E-state index is 12.0.